The van der Waals surface area contributed by atoms with Crippen LogP contribution in [0.15, 0.2) is 24.3 Å². The van der Waals surface area contributed by atoms with E-state index in [1.807, 2.05) is 6.07 Å². The number of carboxylic acid groups (broad SMARTS) is 2. The fraction of sp³-hybridized carbons (Fsp3) is 0.286. The molecule has 110 valence electrons. The molecule has 0 unspecified atom stereocenters. The fourth-order valence-corrected chi connectivity index (χ4v) is 1.65. The van der Waals surface area contributed by atoms with Crippen molar-refractivity contribution in [1.29, 1.82) is 5.26 Å². The zero-order valence-electron chi connectivity index (χ0n) is 11.1. The van der Waals surface area contributed by atoms with E-state index < -0.39 is 23.9 Å². The molecule has 1 atom stereocenters. The zero-order chi connectivity index (χ0) is 15.8. The lowest BCUT2D eigenvalue weighted by Crippen LogP contribution is -2.40. The van der Waals surface area contributed by atoms with Crippen molar-refractivity contribution in [2.24, 2.45) is 0 Å². The van der Waals surface area contributed by atoms with Gasteiger partial charge in [0, 0.05) is 12.0 Å². The predicted molar refractivity (Wildman–Crippen MR) is 71.5 cm³/mol. The van der Waals surface area contributed by atoms with E-state index in [0.29, 0.717) is 5.56 Å². The summed E-state index contributed by atoms with van der Waals surface area (Å²) in [5.41, 5.74) is 0.626. The third-order valence-electron chi connectivity index (χ3n) is 2.76. The molecule has 0 radical (unpaired) electrons. The van der Waals surface area contributed by atoms with Gasteiger partial charge in [-0.25, -0.2) is 4.79 Å². The van der Waals surface area contributed by atoms with Gasteiger partial charge in [-0.1, -0.05) is 0 Å². The molecule has 1 rings (SSSR count). The second-order valence-corrected chi connectivity index (χ2v) is 4.34. The van der Waals surface area contributed by atoms with Gasteiger partial charge < -0.3 is 15.5 Å². The Labute approximate surface area is 120 Å². The number of benzene rings is 1. The Bertz CT molecular complexity index is 574. The van der Waals surface area contributed by atoms with Crippen molar-refractivity contribution in [3.63, 3.8) is 0 Å². The fourth-order valence-electron chi connectivity index (χ4n) is 1.65. The molecule has 1 aromatic rings. The summed E-state index contributed by atoms with van der Waals surface area (Å²) >= 11 is 0. The molecule has 3 N–H and O–H groups in total. The molecule has 0 fully saturated rings. The molecule has 0 aliphatic carbocycles. The minimum atomic E-state index is -1.22. The summed E-state index contributed by atoms with van der Waals surface area (Å²) in [5.74, 6) is -2.82. The highest BCUT2D eigenvalue weighted by Gasteiger charge is 2.20. The first-order valence-electron chi connectivity index (χ1n) is 6.19. The molecule has 21 heavy (non-hydrogen) atoms. The maximum Gasteiger partial charge on any atom is 0.326 e. The number of carbonyl (C=O) groups is 3. The second kappa shape index (κ2) is 7.65. The van der Waals surface area contributed by atoms with Crippen LogP contribution >= 0.6 is 0 Å². The average molecular weight is 290 g/mol. The summed E-state index contributed by atoms with van der Waals surface area (Å²) in [5, 5.41) is 28.5. The van der Waals surface area contributed by atoms with Crippen molar-refractivity contribution < 1.29 is 24.6 Å². The van der Waals surface area contributed by atoms with Crippen LogP contribution in [-0.4, -0.2) is 34.1 Å². The summed E-state index contributed by atoms with van der Waals surface area (Å²) in [4.78, 5) is 33.3. The van der Waals surface area contributed by atoms with Crippen LogP contribution in [0.1, 0.15) is 35.2 Å². The molecule has 0 aliphatic rings. The topological polar surface area (TPSA) is 127 Å². The smallest absolute Gasteiger partial charge is 0.326 e. The predicted octanol–water partition coefficient (Wildman–Crippen LogP) is 0.996. The molecule has 0 bridgehead atoms. The molecular weight excluding hydrogens is 276 g/mol. The first-order chi connectivity index (χ1) is 9.93. The van der Waals surface area contributed by atoms with E-state index in [2.05, 4.69) is 5.32 Å². The SMILES string of the molecule is N#Cc1ccc(C(=O)N[C@H](CCCC(=O)O)C(=O)O)cc1. The van der Waals surface area contributed by atoms with Gasteiger partial charge in [-0.3, -0.25) is 9.59 Å². The van der Waals surface area contributed by atoms with Crippen molar-refractivity contribution in [1.82, 2.24) is 5.32 Å². The number of hydrogen-bond donors (Lipinski definition) is 3. The van der Waals surface area contributed by atoms with E-state index in [9.17, 15) is 14.4 Å². The Morgan fingerprint density at radius 2 is 1.81 bits per heavy atom. The number of hydrogen-bond acceptors (Lipinski definition) is 4. The van der Waals surface area contributed by atoms with Gasteiger partial charge in [-0.15, -0.1) is 0 Å². The molecule has 0 spiro atoms. The van der Waals surface area contributed by atoms with Crippen molar-refractivity contribution in [2.45, 2.75) is 25.3 Å². The lowest BCUT2D eigenvalue weighted by molar-refractivity contribution is -0.140. The third kappa shape index (κ3) is 5.32. The van der Waals surface area contributed by atoms with Crippen LogP contribution in [0.2, 0.25) is 0 Å². The third-order valence-corrected chi connectivity index (χ3v) is 2.76. The van der Waals surface area contributed by atoms with E-state index >= 15 is 0 Å². The van der Waals surface area contributed by atoms with Gasteiger partial charge in [0.1, 0.15) is 6.04 Å². The lowest BCUT2D eigenvalue weighted by atomic mass is 10.1. The molecule has 1 amide bonds. The average Bonchev–Trinajstić information content (AvgIpc) is 2.45. The first-order valence-corrected chi connectivity index (χ1v) is 6.19. The molecule has 7 heteroatoms. The number of carbonyl (C=O) groups excluding carboxylic acids is 1. The normalized spacial score (nSPS) is 11.2. The highest BCUT2D eigenvalue weighted by Crippen LogP contribution is 2.06. The number of carboxylic acids is 2. The number of rotatable bonds is 7. The van der Waals surface area contributed by atoms with Crippen LogP contribution in [0.5, 0.6) is 0 Å². The van der Waals surface area contributed by atoms with Crippen molar-refractivity contribution in [3.05, 3.63) is 35.4 Å². The van der Waals surface area contributed by atoms with Crippen LogP contribution in [0.4, 0.5) is 0 Å². The Hall–Kier alpha value is -2.88. The van der Waals surface area contributed by atoms with Crippen LogP contribution < -0.4 is 5.32 Å². The monoisotopic (exact) mass is 290 g/mol. The summed E-state index contributed by atoms with van der Waals surface area (Å²) in [6, 6.07) is 6.51. The van der Waals surface area contributed by atoms with Crippen molar-refractivity contribution >= 4 is 17.8 Å². The Morgan fingerprint density at radius 3 is 2.29 bits per heavy atom. The molecule has 7 nitrogen and oxygen atoms in total. The summed E-state index contributed by atoms with van der Waals surface area (Å²) in [7, 11) is 0. The van der Waals surface area contributed by atoms with Crippen LogP contribution in [0.3, 0.4) is 0 Å². The van der Waals surface area contributed by atoms with Gasteiger partial charge in [0.2, 0.25) is 0 Å². The molecular formula is C14H14N2O5. The Balaban J connectivity index is 2.65. The Morgan fingerprint density at radius 1 is 1.19 bits per heavy atom. The molecule has 0 saturated carbocycles. The van der Waals surface area contributed by atoms with E-state index in [1.165, 1.54) is 24.3 Å². The lowest BCUT2D eigenvalue weighted by Gasteiger charge is -2.14. The van der Waals surface area contributed by atoms with E-state index in [4.69, 9.17) is 15.5 Å². The van der Waals surface area contributed by atoms with Gasteiger partial charge >= 0.3 is 11.9 Å². The maximum atomic E-state index is 11.9. The quantitative estimate of drug-likeness (QED) is 0.687. The minimum absolute atomic E-state index is 0.0314. The zero-order valence-corrected chi connectivity index (χ0v) is 11.1. The van der Waals surface area contributed by atoms with E-state index in [0.717, 1.165) is 0 Å². The summed E-state index contributed by atoms with van der Waals surface area (Å²) < 4.78 is 0. The highest BCUT2D eigenvalue weighted by molar-refractivity contribution is 5.96. The van der Waals surface area contributed by atoms with Gasteiger partial charge in [0.15, 0.2) is 0 Å². The second-order valence-electron chi connectivity index (χ2n) is 4.34. The van der Waals surface area contributed by atoms with Gasteiger partial charge in [0.25, 0.3) is 5.91 Å². The highest BCUT2D eigenvalue weighted by atomic mass is 16.4. The number of nitrogens with one attached hydrogen (secondary N) is 1. The largest absolute Gasteiger partial charge is 0.481 e. The molecule has 0 saturated heterocycles. The van der Waals surface area contributed by atoms with Crippen molar-refractivity contribution in [3.8, 4) is 6.07 Å². The number of nitriles is 1. The minimum Gasteiger partial charge on any atom is -0.481 e. The summed E-state index contributed by atoms with van der Waals surface area (Å²) in [6.07, 6.45) is 0.0279. The molecule has 0 aliphatic heterocycles. The van der Waals surface area contributed by atoms with E-state index in [-0.39, 0.29) is 24.8 Å². The Kier molecular flexibility index (Phi) is 5.89. The van der Waals surface area contributed by atoms with Crippen molar-refractivity contribution in [2.75, 3.05) is 0 Å². The van der Waals surface area contributed by atoms with Gasteiger partial charge in [-0.05, 0) is 37.1 Å². The maximum absolute atomic E-state index is 11.9. The molecule has 0 aromatic heterocycles. The summed E-state index contributed by atoms with van der Waals surface area (Å²) in [6.45, 7) is 0. The first kappa shape index (κ1) is 16.2. The van der Waals surface area contributed by atoms with Crippen LogP contribution in [0.25, 0.3) is 0 Å². The van der Waals surface area contributed by atoms with Crippen LogP contribution in [0, 0.1) is 11.3 Å². The van der Waals surface area contributed by atoms with Gasteiger partial charge in [-0.2, -0.15) is 5.26 Å². The standard InChI is InChI=1S/C14H14N2O5/c15-8-9-4-6-10(7-5-9)13(19)16-11(14(20)21)2-1-3-12(17)18/h4-7,11H,1-3H2,(H,16,19)(H,17,18)(H,20,21)/t11-/m1/s1. The van der Waals surface area contributed by atoms with E-state index in [1.54, 1.807) is 0 Å². The van der Waals surface area contributed by atoms with Gasteiger partial charge in [0.05, 0.1) is 11.6 Å². The number of amides is 1. The number of aliphatic carboxylic acids is 2. The number of nitrogens with zero attached hydrogens (tertiary/aromatic N) is 1. The molecule has 0 heterocycles. The molecule has 1 aromatic carbocycles. The van der Waals surface area contributed by atoms with Crippen LogP contribution in [-0.2, 0) is 9.59 Å².